The molecular formula is C22H20FN3O5S. The Morgan fingerprint density at radius 1 is 1.22 bits per heavy atom. The minimum Gasteiger partial charge on any atom is -0.493 e. The highest BCUT2D eigenvalue weighted by Gasteiger charge is 2.12. The van der Waals surface area contributed by atoms with Crippen LogP contribution >= 0.6 is 11.3 Å². The van der Waals surface area contributed by atoms with Gasteiger partial charge in [0.15, 0.2) is 10.3 Å². The quantitative estimate of drug-likeness (QED) is 0.198. The zero-order valence-corrected chi connectivity index (χ0v) is 17.9. The number of non-ortho nitro benzene ring substituents is 1. The summed E-state index contributed by atoms with van der Waals surface area (Å²) in [6.45, 7) is 0.931. The van der Waals surface area contributed by atoms with Crippen molar-refractivity contribution in [3.63, 3.8) is 0 Å². The van der Waals surface area contributed by atoms with Crippen LogP contribution in [-0.4, -0.2) is 36.1 Å². The number of benzene rings is 2. The van der Waals surface area contributed by atoms with Crippen LogP contribution in [0.25, 0.3) is 12.2 Å². The van der Waals surface area contributed by atoms with Crippen LogP contribution in [0.5, 0.6) is 5.75 Å². The lowest BCUT2D eigenvalue weighted by Crippen LogP contribution is -2.12. The van der Waals surface area contributed by atoms with Crippen molar-refractivity contribution in [2.45, 2.75) is 6.42 Å². The summed E-state index contributed by atoms with van der Waals surface area (Å²) < 4.78 is 23.9. The molecule has 1 heterocycles. The molecule has 0 unspecified atom stereocenters. The molecule has 1 aromatic heterocycles. The highest BCUT2D eigenvalue weighted by Crippen LogP contribution is 2.23. The summed E-state index contributed by atoms with van der Waals surface area (Å²) >= 11 is 0.726. The largest absolute Gasteiger partial charge is 0.493 e. The highest BCUT2D eigenvalue weighted by molar-refractivity contribution is 7.14. The first-order chi connectivity index (χ1) is 15.4. The van der Waals surface area contributed by atoms with E-state index in [9.17, 15) is 19.3 Å². The third-order valence-corrected chi connectivity index (χ3v) is 4.90. The molecule has 0 spiro atoms. The predicted octanol–water partition coefficient (Wildman–Crippen LogP) is 5.03. The van der Waals surface area contributed by atoms with Crippen molar-refractivity contribution in [1.29, 1.82) is 0 Å². The molecule has 0 saturated heterocycles. The first-order valence-electron chi connectivity index (χ1n) is 9.56. The molecular weight excluding hydrogens is 437 g/mol. The molecule has 0 aliphatic rings. The maximum atomic E-state index is 13.2. The zero-order chi connectivity index (χ0) is 22.9. The van der Waals surface area contributed by atoms with E-state index < -0.39 is 16.0 Å². The van der Waals surface area contributed by atoms with Crippen LogP contribution in [0.2, 0.25) is 0 Å². The number of carbonyl (C=O) groups is 1. The SMILES string of the molecule is COCCCOc1cc(/C=C/c2cccc([N+](=O)[O-])c2)cc(C(=O)Nc2ncc(F)s2)c1. The van der Waals surface area contributed by atoms with Gasteiger partial charge < -0.3 is 9.47 Å². The Bertz CT molecular complexity index is 1130. The van der Waals surface area contributed by atoms with Gasteiger partial charge in [-0.25, -0.2) is 4.98 Å². The van der Waals surface area contributed by atoms with Crippen LogP contribution in [0, 0.1) is 15.2 Å². The number of nitro benzene ring substituents is 1. The van der Waals surface area contributed by atoms with Crippen molar-refractivity contribution in [1.82, 2.24) is 4.98 Å². The van der Waals surface area contributed by atoms with E-state index >= 15 is 0 Å². The highest BCUT2D eigenvalue weighted by atomic mass is 32.1. The number of nitrogens with one attached hydrogen (secondary N) is 1. The lowest BCUT2D eigenvalue weighted by molar-refractivity contribution is -0.384. The molecule has 10 heteroatoms. The molecule has 0 aliphatic carbocycles. The molecule has 0 saturated carbocycles. The van der Waals surface area contributed by atoms with Crippen molar-refractivity contribution in [2.75, 3.05) is 25.6 Å². The number of ether oxygens (including phenoxy) is 2. The zero-order valence-electron chi connectivity index (χ0n) is 17.1. The van der Waals surface area contributed by atoms with Gasteiger partial charge in [0, 0.05) is 37.8 Å². The third kappa shape index (κ3) is 6.69. The minimum absolute atomic E-state index is 0.0156. The number of amides is 1. The molecule has 3 rings (SSSR count). The summed E-state index contributed by atoms with van der Waals surface area (Å²) in [5.41, 5.74) is 1.56. The normalized spacial score (nSPS) is 10.9. The third-order valence-electron chi connectivity index (χ3n) is 4.20. The average molecular weight is 457 g/mol. The molecule has 0 fully saturated rings. The van der Waals surface area contributed by atoms with E-state index in [2.05, 4.69) is 10.3 Å². The molecule has 1 N–H and O–H groups in total. The number of hydrogen-bond acceptors (Lipinski definition) is 7. The van der Waals surface area contributed by atoms with E-state index in [4.69, 9.17) is 9.47 Å². The lowest BCUT2D eigenvalue weighted by atomic mass is 10.1. The second-order valence-corrected chi connectivity index (χ2v) is 7.58. The number of carbonyl (C=O) groups excluding carboxylic acids is 1. The Hall–Kier alpha value is -3.63. The predicted molar refractivity (Wildman–Crippen MR) is 120 cm³/mol. The maximum absolute atomic E-state index is 13.2. The number of rotatable bonds is 10. The van der Waals surface area contributed by atoms with Crippen LogP contribution in [0.15, 0.2) is 48.7 Å². The van der Waals surface area contributed by atoms with E-state index in [0.717, 1.165) is 17.5 Å². The number of methoxy groups -OCH3 is 1. The van der Waals surface area contributed by atoms with E-state index in [0.29, 0.717) is 42.1 Å². The molecule has 166 valence electrons. The van der Waals surface area contributed by atoms with Gasteiger partial charge in [0.2, 0.25) is 0 Å². The van der Waals surface area contributed by atoms with Crippen LogP contribution in [0.1, 0.15) is 27.9 Å². The van der Waals surface area contributed by atoms with E-state index in [-0.39, 0.29) is 10.8 Å². The van der Waals surface area contributed by atoms with Gasteiger partial charge in [0.05, 0.1) is 17.7 Å². The Kier molecular flexibility index (Phi) is 8.01. The number of thiazole rings is 1. The van der Waals surface area contributed by atoms with Crippen LogP contribution in [0.4, 0.5) is 15.2 Å². The molecule has 0 bridgehead atoms. The number of anilines is 1. The van der Waals surface area contributed by atoms with E-state index in [1.807, 2.05) is 0 Å². The molecule has 3 aromatic rings. The fourth-order valence-corrected chi connectivity index (χ4v) is 3.28. The van der Waals surface area contributed by atoms with Gasteiger partial charge in [-0.3, -0.25) is 20.2 Å². The Morgan fingerprint density at radius 2 is 2.03 bits per heavy atom. The molecule has 8 nitrogen and oxygen atoms in total. The van der Waals surface area contributed by atoms with E-state index in [1.165, 1.54) is 12.1 Å². The second kappa shape index (κ2) is 11.1. The Balaban J connectivity index is 1.84. The summed E-state index contributed by atoms with van der Waals surface area (Å²) in [7, 11) is 1.60. The smallest absolute Gasteiger partial charge is 0.270 e. The minimum atomic E-state index is -0.504. The summed E-state index contributed by atoms with van der Waals surface area (Å²) in [4.78, 5) is 27.0. The number of hydrogen-bond donors (Lipinski definition) is 1. The number of nitro groups is 1. The molecule has 0 radical (unpaired) electrons. The van der Waals surface area contributed by atoms with Gasteiger partial charge in [0.1, 0.15) is 5.75 Å². The van der Waals surface area contributed by atoms with Crippen LogP contribution in [0.3, 0.4) is 0 Å². The van der Waals surface area contributed by atoms with Crippen molar-refractivity contribution in [3.05, 3.63) is 80.6 Å². The van der Waals surface area contributed by atoms with Crippen LogP contribution in [-0.2, 0) is 4.74 Å². The van der Waals surface area contributed by atoms with Crippen molar-refractivity contribution in [2.24, 2.45) is 0 Å². The lowest BCUT2D eigenvalue weighted by Gasteiger charge is -2.10. The monoisotopic (exact) mass is 457 g/mol. The van der Waals surface area contributed by atoms with Crippen molar-refractivity contribution in [3.8, 4) is 5.75 Å². The van der Waals surface area contributed by atoms with Gasteiger partial charge in [-0.2, -0.15) is 4.39 Å². The molecule has 2 aromatic carbocycles. The maximum Gasteiger partial charge on any atom is 0.270 e. The Morgan fingerprint density at radius 3 is 2.75 bits per heavy atom. The number of aromatic nitrogens is 1. The van der Waals surface area contributed by atoms with Crippen molar-refractivity contribution >= 4 is 40.2 Å². The van der Waals surface area contributed by atoms with E-state index in [1.54, 1.807) is 49.6 Å². The molecule has 32 heavy (non-hydrogen) atoms. The first kappa shape index (κ1) is 23.0. The van der Waals surface area contributed by atoms with Gasteiger partial charge >= 0.3 is 0 Å². The van der Waals surface area contributed by atoms with Crippen molar-refractivity contribution < 1.29 is 23.6 Å². The topological polar surface area (TPSA) is 104 Å². The van der Waals surface area contributed by atoms with Crippen LogP contribution < -0.4 is 10.1 Å². The molecule has 1 amide bonds. The van der Waals surface area contributed by atoms with Gasteiger partial charge in [0.25, 0.3) is 11.6 Å². The number of halogens is 1. The Labute approximate surface area is 187 Å². The summed E-state index contributed by atoms with van der Waals surface area (Å²) in [5.74, 6) is 0.00413. The fourth-order valence-electron chi connectivity index (χ4n) is 2.74. The summed E-state index contributed by atoms with van der Waals surface area (Å²) in [6.07, 6.45) is 5.13. The standard InChI is InChI=1S/C22H20FN3O5S/c1-30-8-3-9-31-19-12-16(7-6-15-4-2-5-18(11-15)26(28)29)10-17(13-19)21(27)25-22-24-14-20(23)32-22/h2,4-7,10-14H,3,8-9H2,1H3,(H,24,25,27)/b7-6+. The van der Waals surface area contributed by atoms with Gasteiger partial charge in [-0.15, -0.1) is 0 Å². The summed E-state index contributed by atoms with van der Waals surface area (Å²) in [6, 6.07) is 11.2. The fraction of sp³-hybridized carbons (Fsp3) is 0.182. The second-order valence-electron chi connectivity index (χ2n) is 6.59. The summed E-state index contributed by atoms with van der Waals surface area (Å²) in [5, 5.41) is 13.2. The number of nitrogens with zero attached hydrogens (tertiary/aromatic N) is 2. The average Bonchev–Trinajstić information content (AvgIpc) is 3.19. The molecule has 0 atom stereocenters. The first-order valence-corrected chi connectivity index (χ1v) is 10.4. The van der Waals surface area contributed by atoms with Gasteiger partial charge in [-0.1, -0.05) is 35.6 Å². The van der Waals surface area contributed by atoms with Gasteiger partial charge in [-0.05, 0) is 29.3 Å². The molecule has 0 aliphatic heterocycles.